The molecular formula is C15H10ClF3O3. The van der Waals surface area contributed by atoms with Crippen molar-refractivity contribution in [1.29, 1.82) is 0 Å². The molecule has 1 N–H and O–H groups in total. The van der Waals surface area contributed by atoms with E-state index in [0.29, 0.717) is 0 Å². The van der Waals surface area contributed by atoms with Crippen LogP contribution in [0, 0.1) is 0 Å². The Labute approximate surface area is 128 Å². The van der Waals surface area contributed by atoms with Crippen LogP contribution in [0.15, 0.2) is 36.4 Å². The van der Waals surface area contributed by atoms with Crippen LogP contribution in [-0.4, -0.2) is 18.2 Å². The quantitative estimate of drug-likeness (QED) is 0.884. The Bertz CT molecular complexity index is 726. The predicted molar refractivity (Wildman–Crippen MR) is 75.4 cm³/mol. The molecule has 0 atom stereocenters. The SMILES string of the molecule is COc1ccc(-c2cc(Cl)cc(C(=O)O)c2)cc1C(F)(F)F. The molecule has 0 saturated heterocycles. The lowest BCUT2D eigenvalue weighted by Gasteiger charge is -2.14. The van der Waals surface area contributed by atoms with Crippen LogP contribution in [0.1, 0.15) is 15.9 Å². The Morgan fingerprint density at radius 1 is 1.14 bits per heavy atom. The largest absolute Gasteiger partial charge is 0.496 e. The van der Waals surface area contributed by atoms with E-state index < -0.39 is 17.7 Å². The van der Waals surface area contributed by atoms with Crippen molar-refractivity contribution in [3.63, 3.8) is 0 Å². The minimum Gasteiger partial charge on any atom is -0.496 e. The summed E-state index contributed by atoms with van der Waals surface area (Å²) < 4.78 is 43.8. The standard InChI is InChI=1S/C15H10ClF3O3/c1-22-13-3-2-8(7-12(13)15(17,18)19)9-4-10(14(20)21)6-11(16)5-9/h2-7H,1H3,(H,20,21). The summed E-state index contributed by atoms with van der Waals surface area (Å²) in [6.07, 6.45) is -4.59. The van der Waals surface area contributed by atoms with Crippen molar-refractivity contribution >= 4 is 17.6 Å². The second-order valence-electron chi connectivity index (χ2n) is 4.45. The molecule has 2 rings (SSSR count). The molecule has 22 heavy (non-hydrogen) atoms. The predicted octanol–water partition coefficient (Wildman–Crippen LogP) is 4.73. The van der Waals surface area contributed by atoms with Gasteiger partial charge in [-0.15, -0.1) is 0 Å². The third-order valence-corrected chi connectivity index (χ3v) is 3.20. The van der Waals surface area contributed by atoms with Gasteiger partial charge in [-0.3, -0.25) is 0 Å². The first-order chi connectivity index (χ1) is 10.2. The smallest absolute Gasteiger partial charge is 0.419 e. The molecule has 0 fully saturated rings. The van der Waals surface area contributed by atoms with Gasteiger partial charge in [0.2, 0.25) is 0 Å². The highest BCUT2D eigenvalue weighted by Gasteiger charge is 2.34. The van der Waals surface area contributed by atoms with Crippen LogP contribution in [-0.2, 0) is 6.18 Å². The number of hydrogen-bond donors (Lipinski definition) is 1. The first-order valence-electron chi connectivity index (χ1n) is 6.02. The normalized spacial score (nSPS) is 11.3. The molecule has 0 aromatic heterocycles. The Balaban J connectivity index is 2.61. The summed E-state index contributed by atoms with van der Waals surface area (Å²) in [5.41, 5.74) is -0.576. The highest BCUT2D eigenvalue weighted by molar-refractivity contribution is 6.31. The van der Waals surface area contributed by atoms with Crippen molar-refractivity contribution in [1.82, 2.24) is 0 Å². The molecule has 0 aliphatic carbocycles. The summed E-state index contributed by atoms with van der Waals surface area (Å²) in [7, 11) is 1.15. The Hall–Kier alpha value is -2.21. The number of carboxylic acids is 1. The van der Waals surface area contributed by atoms with Crippen LogP contribution < -0.4 is 4.74 Å². The summed E-state index contributed by atoms with van der Waals surface area (Å²) in [6.45, 7) is 0. The highest BCUT2D eigenvalue weighted by Crippen LogP contribution is 2.39. The molecule has 116 valence electrons. The summed E-state index contributed by atoms with van der Waals surface area (Å²) >= 11 is 5.82. The fraction of sp³-hybridized carbons (Fsp3) is 0.133. The van der Waals surface area contributed by atoms with E-state index in [2.05, 4.69) is 0 Å². The van der Waals surface area contributed by atoms with Gasteiger partial charge in [0.25, 0.3) is 0 Å². The molecule has 0 spiro atoms. The lowest BCUT2D eigenvalue weighted by Crippen LogP contribution is -2.07. The number of rotatable bonds is 3. The van der Waals surface area contributed by atoms with Gasteiger partial charge in [0.1, 0.15) is 5.75 Å². The number of alkyl halides is 3. The molecular weight excluding hydrogens is 321 g/mol. The second-order valence-corrected chi connectivity index (χ2v) is 4.88. The topological polar surface area (TPSA) is 46.5 Å². The van der Waals surface area contributed by atoms with E-state index in [1.54, 1.807) is 0 Å². The van der Waals surface area contributed by atoms with Crippen LogP contribution in [0.4, 0.5) is 13.2 Å². The molecule has 7 heteroatoms. The fourth-order valence-electron chi connectivity index (χ4n) is 1.99. The van der Waals surface area contributed by atoms with E-state index in [0.717, 1.165) is 13.2 Å². The molecule has 0 bridgehead atoms. The number of halogens is 4. The lowest BCUT2D eigenvalue weighted by molar-refractivity contribution is -0.138. The molecule has 0 aliphatic heterocycles. The maximum atomic E-state index is 13.0. The number of ether oxygens (including phenoxy) is 1. The van der Waals surface area contributed by atoms with Crippen LogP contribution >= 0.6 is 11.6 Å². The van der Waals surface area contributed by atoms with Crippen molar-refractivity contribution in [2.45, 2.75) is 6.18 Å². The second kappa shape index (κ2) is 5.88. The van der Waals surface area contributed by atoms with Gasteiger partial charge in [0, 0.05) is 5.02 Å². The third-order valence-electron chi connectivity index (χ3n) is 2.98. The summed E-state index contributed by atoms with van der Waals surface area (Å²) in [4.78, 5) is 11.0. The molecule has 0 heterocycles. The summed E-state index contributed by atoms with van der Waals surface area (Å²) in [5, 5.41) is 9.11. The summed E-state index contributed by atoms with van der Waals surface area (Å²) in [6, 6.07) is 7.37. The van der Waals surface area contributed by atoms with Crippen molar-refractivity contribution in [2.24, 2.45) is 0 Å². The molecule has 2 aromatic rings. The molecule has 0 amide bonds. The monoisotopic (exact) mass is 330 g/mol. The molecule has 3 nitrogen and oxygen atoms in total. The zero-order valence-corrected chi connectivity index (χ0v) is 12.0. The van der Waals surface area contributed by atoms with E-state index in [1.165, 1.54) is 30.3 Å². The van der Waals surface area contributed by atoms with Crippen molar-refractivity contribution in [3.05, 3.63) is 52.5 Å². The van der Waals surface area contributed by atoms with E-state index in [-0.39, 0.29) is 27.5 Å². The van der Waals surface area contributed by atoms with E-state index in [4.69, 9.17) is 21.4 Å². The molecule has 0 unspecified atom stereocenters. The first-order valence-corrected chi connectivity index (χ1v) is 6.39. The van der Waals surface area contributed by atoms with Gasteiger partial charge in [-0.1, -0.05) is 17.7 Å². The van der Waals surface area contributed by atoms with Gasteiger partial charge in [0.15, 0.2) is 0 Å². The number of methoxy groups -OCH3 is 1. The fourth-order valence-corrected chi connectivity index (χ4v) is 2.22. The molecule has 0 aliphatic rings. The Kier molecular flexibility index (Phi) is 4.32. The minimum absolute atomic E-state index is 0.105. The maximum Gasteiger partial charge on any atom is 0.419 e. The van der Waals surface area contributed by atoms with Gasteiger partial charge in [0.05, 0.1) is 18.2 Å². The van der Waals surface area contributed by atoms with Gasteiger partial charge in [-0.2, -0.15) is 13.2 Å². The van der Waals surface area contributed by atoms with Gasteiger partial charge >= 0.3 is 12.1 Å². The average Bonchev–Trinajstić information content (AvgIpc) is 2.45. The van der Waals surface area contributed by atoms with Crippen LogP contribution in [0.5, 0.6) is 5.75 Å². The third kappa shape index (κ3) is 3.33. The minimum atomic E-state index is -4.59. The first kappa shape index (κ1) is 16.2. The van der Waals surface area contributed by atoms with Gasteiger partial charge < -0.3 is 9.84 Å². The van der Waals surface area contributed by atoms with Crippen molar-refractivity contribution in [3.8, 4) is 16.9 Å². The van der Waals surface area contributed by atoms with Gasteiger partial charge in [-0.25, -0.2) is 4.79 Å². The molecule has 2 aromatic carbocycles. The Morgan fingerprint density at radius 2 is 1.82 bits per heavy atom. The highest BCUT2D eigenvalue weighted by atomic mass is 35.5. The number of hydrogen-bond acceptors (Lipinski definition) is 2. The zero-order valence-electron chi connectivity index (χ0n) is 11.2. The zero-order chi connectivity index (χ0) is 16.5. The van der Waals surface area contributed by atoms with Crippen molar-refractivity contribution < 1.29 is 27.8 Å². The number of carbonyl (C=O) groups is 1. The van der Waals surface area contributed by atoms with E-state index in [9.17, 15) is 18.0 Å². The van der Waals surface area contributed by atoms with Crippen LogP contribution in [0.2, 0.25) is 5.02 Å². The molecule has 0 radical (unpaired) electrons. The summed E-state index contributed by atoms with van der Waals surface area (Å²) in [5.74, 6) is -1.52. The number of benzene rings is 2. The average molecular weight is 331 g/mol. The van der Waals surface area contributed by atoms with Gasteiger partial charge in [-0.05, 0) is 41.5 Å². The molecule has 0 saturated carbocycles. The van der Waals surface area contributed by atoms with Crippen molar-refractivity contribution in [2.75, 3.05) is 7.11 Å². The number of aromatic carboxylic acids is 1. The van der Waals surface area contributed by atoms with E-state index >= 15 is 0 Å². The lowest BCUT2D eigenvalue weighted by atomic mass is 10.00. The maximum absolute atomic E-state index is 13.0. The van der Waals surface area contributed by atoms with Crippen LogP contribution in [0.3, 0.4) is 0 Å². The number of carboxylic acid groups (broad SMARTS) is 1. The van der Waals surface area contributed by atoms with Crippen LogP contribution in [0.25, 0.3) is 11.1 Å². The Morgan fingerprint density at radius 3 is 2.36 bits per heavy atom. The van der Waals surface area contributed by atoms with E-state index in [1.807, 2.05) is 0 Å².